The van der Waals surface area contributed by atoms with Crippen molar-refractivity contribution >= 4 is 17.5 Å². The van der Waals surface area contributed by atoms with E-state index in [1.54, 1.807) is 13.2 Å². The Morgan fingerprint density at radius 2 is 2.08 bits per heavy atom. The van der Waals surface area contributed by atoms with Gasteiger partial charge in [-0.2, -0.15) is 0 Å². The number of rotatable bonds is 9. The Labute approximate surface area is 152 Å². The van der Waals surface area contributed by atoms with E-state index in [1.807, 2.05) is 18.2 Å². The maximum Gasteiger partial charge on any atom is 0.222 e. The summed E-state index contributed by atoms with van der Waals surface area (Å²) in [6, 6.07) is 7.45. The van der Waals surface area contributed by atoms with E-state index in [0.717, 1.165) is 5.56 Å². The molecule has 0 unspecified atom stereocenters. The molecule has 2 rings (SSSR count). The Morgan fingerprint density at radius 3 is 2.80 bits per heavy atom. The highest BCUT2D eigenvalue weighted by molar-refractivity contribution is 6.30. The first-order valence-corrected chi connectivity index (χ1v) is 8.61. The summed E-state index contributed by atoms with van der Waals surface area (Å²) in [7, 11) is 1.55. The van der Waals surface area contributed by atoms with Gasteiger partial charge in [0.15, 0.2) is 0 Å². The standard InChI is InChI=1S/C17H25ClN2O5/c1-24-6-5-20-15(21)8-13-16(22)17(23)14(25-13)10-19-9-11-3-2-4-12(18)7-11/h2-4,7,13-14,16-17,19,22-23H,5-6,8-10H2,1H3,(H,20,21)/t13-,14+,16-,17+/m0/s1. The lowest BCUT2D eigenvalue weighted by molar-refractivity contribution is -0.125. The van der Waals surface area contributed by atoms with Gasteiger partial charge in [-0.05, 0) is 17.7 Å². The summed E-state index contributed by atoms with van der Waals surface area (Å²) < 4.78 is 10.5. The third kappa shape index (κ3) is 6.22. The Balaban J connectivity index is 1.75. The number of halogens is 1. The fourth-order valence-electron chi connectivity index (χ4n) is 2.72. The van der Waals surface area contributed by atoms with Crippen molar-refractivity contribution in [3.05, 3.63) is 34.9 Å². The van der Waals surface area contributed by atoms with Gasteiger partial charge in [-0.3, -0.25) is 4.79 Å². The molecule has 0 aromatic heterocycles. The number of ether oxygens (including phenoxy) is 2. The van der Waals surface area contributed by atoms with Crippen molar-refractivity contribution in [3.63, 3.8) is 0 Å². The molecule has 1 aliphatic rings. The Kier molecular flexibility index (Phi) is 8.08. The van der Waals surface area contributed by atoms with Crippen molar-refractivity contribution in [2.24, 2.45) is 0 Å². The number of carbonyl (C=O) groups excluding carboxylic acids is 1. The third-order valence-corrected chi connectivity index (χ3v) is 4.28. The van der Waals surface area contributed by atoms with Crippen LogP contribution in [0, 0.1) is 0 Å². The van der Waals surface area contributed by atoms with Gasteiger partial charge in [0.25, 0.3) is 0 Å². The number of aliphatic hydroxyl groups excluding tert-OH is 2. The van der Waals surface area contributed by atoms with E-state index in [1.165, 1.54) is 0 Å². The van der Waals surface area contributed by atoms with E-state index < -0.39 is 24.4 Å². The van der Waals surface area contributed by atoms with Crippen LogP contribution in [0.15, 0.2) is 24.3 Å². The quantitative estimate of drug-likeness (QED) is 0.458. The topological polar surface area (TPSA) is 100 Å². The maximum absolute atomic E-state index is 11.8. The molecular formula is C17H25ClN2O5. The second-order valence-corrected chi connectivity index (χ2v) is 6.44. The molecule has 1 fully saturated rings. The van der Waals surface area contributed by atoms with Gasteiger partial charge in [0, 0.05) is 31.8 Å². The molecule has 1 aliphatic heterocycles. The van der Waals surface area contributed by atoms with Crippen molar-refractivity contribution in [2.75, 3.05) is 26.8 Å². The minimum atomic E-state index is -1.09. The maximum atomic E-state index is 11.8. The van der Waals surface area contributed by atoms with Gasteiger partial charge in [-0.25, -0.2) is 0 Å². The molecule has 0 bridgehead atoms. The zero-order valence-electron chi connectivity index (χ0n) is 14.2. The monoisotopic (exact) mass is 372 g/mol. The van der Waals surface area contributed by atoms with E-state index in [9.17, 15) is 15.0 Å². The van der Waals surface area contributed by atoms with E-state index in [2.05, 4.69) is 10.6 Å². The number of benzene rings is 1. The molecule has 140 valence electrons. The van der Waals surface area contributed by atoms with Crippen LogP contribution in [0.2, 0.25) is 5.02 Å². The predicted molar refractivity (Wildman–Crippen MR) is 93.3 cm³/mol. The lowest BCUT2D eigenvalue weighted by Crippen LogP contribution is -2.38. The number of amides is 1. The molecule has 4 atom stereocenters. The largest absolute Gasteiger partial charge is 0.388 e. The highest BCUT2D eigenvalue weighted by atomic mass is 35.5. The van der Waals surface area contributed by atoms with Crippen LogP contribution < -0.4 is 10.6 Å². The van der Waals surface area contributed by atoms with Crippen molar-refractivity contribution in [3.8, 4) is 0 Å². The fourth-order valence-corrected chi connectivity index (χ4v) is 2.93. The summed E-state index contributed by atoms with van der Waals surface area (Å²) >= 11 is 5.93. The number of aliphatic hydroxyl groups is 2. The van der Waals surface area contributed by atoms with E-state index >= 15 is 0 Å². The molecule has 0 aliphatic carbocycles. The van der Waals surface area contributed by atoms with Gasteiger partial charge in [0.2, 0.25) is 5.91 Å². The van der Waals surface area contributed by atoms with Crippen molar-refractivity contribution < 1.29 is 24.5 Å². The van der Waals surface area contributed by atoms with Crippen LogP contribution in [0.25, 0.3) is 0 Å². The van der Waals surface area contributed by atoms with Crippen molar-refractivity contribution in [1.82, 2.24) is 10.6 Å². The number of carbonyl (C=O) groups is 1. The number of nitrogens with one attached hydrogen (secondary N) is 2. The molecule has 0 radical (unpaired) electrons. The third-order valence-electron chi connectivity index (χ3n) is 4.04. The van der Waals surface area contributed by atoms with Gasteiger partial charge >= 0.3 is 0 Å². The molecule has 25 heavy (non-hydrogen) atoms. The van der Waals surface area contributed by atoms with Crippen LogP contribution in [-0.2, 0) is 20.8 Å². The fraction of sp³-hybridized carbons (Fsp3) is 0.588. The molecule has 7 nitrogen and oxygen atoms in total. The Bertz CT molecular complexity index is 560. The minimum Gasteiger partial charge on any atom is -0.388 e. The Hall–Kier alpha value is -1.22. The molecule has 1 heterocycles. The first kappa shape index (κ1) is 20.1. The van der Waals surface area contributed by atoms with Crippen molar-refractivity contribution in [1.29, 1.82) is 0 Å². The summed E-state index contributed by atoms with van der Waals surface area (Å²) in [6.45, 7) is 1.72. The van der Waals surface area contributed by atoms with Crippen LogP contribution >= 0.6 is 11.6 Å². The predicted octanol–water partition coefficient (Wildman–Crippen LogP) is 0.0715. The highest BCUT2D eigenvalue weighted by Gasteiger charge is 2.42. The molecule has 0 spiro atoms. The summed E-state index contributed by atoms with van der Waals surface area (Å²) in [5.41, 5.74) is 1.01. The average molecular weight is 373 g/mol. The molecule has 0 saturated carbocycles. The highest BCUT2D eigenvalue weighted by Crippen LogP contribution is 2.23. The van der Waals surface area contributed by atoms with E-state index in [-0.39, 0.29) is 12.3 Å². The molecule has 8 heteroatoms. The second kappa shape index (κ2) is 10.1. The minimum absolute atomic E-state index is 0.00721. The zero-order chi connectivity index (χ0) is 18.2. The Morgan fingerprint density at radius 1 is 1.32 bits per heavy atom. The van der Waals surface area contributed by atoms with Crippen LogP contribution in [0.5, 0.6) is 0 Å². The van der Waals surface area contributed by atoms with Crippen LogP contribution in [0.4, 0.5) is 0 Å². The smallest absolute Gasteiger partial charge is 0.222 e. The summed E-state index contributed by atoms with van der Waals surface area (Å²) in [5, 5.41) is 26.7. The normalized spacial score (nSPS) is 25.9. The van der Waals surface area contributed by atoms with Crippen molar-refractivity contribution in [2.45, 2.75) is 37.4 Å². The van der Waals surface area contributed by atoms with Crippen LogP contribution in [0.1, 0.15) is 12.0 Å². The van der Waals surface area contributed by atoms with Gasteiger partial charge in [0.1, 0.15) is 12.2 Å². The molecule has 1 aromatic rings. The second-order valence-electron chi connectivity index (χ2n) is 6.00. The molecule has 1 saturated heterocycles. The van der Waals surface area contributed by atoms with Crippen LogP contribution in [-0.4, -0.2) is 67.3 Å². The number of methoxy groups -OCH3 is 1. The van der Waals surface area contributed by atoms with Gasteiger partial charge in [0.05, 0.1) is 25.2 Å². The SMILES string of the molecule is COCCNC(=O)C[C@@H]1O[C@H](CNCc2cccc(Cl)c2)[C@@H](O)[C@H]1O. The lowest BCUT2D eigenvalue weighted by Gasteiger charge is -2.15. The molecule has 1 amide bonds. The van der Waals surface area contributed by atoms with E-state index in [4.69, 9.17) is 21.1 Å². The summed E-state index contributed by atoms with van der Waals surface area (Å²) in [5.74, 6) is -0.249. The molecule has 4 N–H and O–H groups in total. The van der Waals surface area contributed by atoms with Gasteiger partial charge < -0.3 is 30.3 Å². The average Bonchev–Trinajstić information content (AvgIpc) is 2.83. The van der Waals surface area contributed by atoms with E-state index in [0.29, 0.717) is 31.3 Å². The zero-order valence-corrected chi connectivity index (χ0v) is 14.9. The van der Waals surface area contributed by atoms with Gasteiger partial charge in [-0.15, -0.1) is 0 Å². The van der Waals surface area contributed by atoms with Gasteiger partial charge in [-0.1, -0.05) is 23.7 Å². The lowest BCUT2D eigenvalue weighted by atomic mass is 10.1. The summed E-state index contributed by atoms with van der Waals surface area (Å²) in [4.78, 5) is 11.8. The number of hydrogen-bond donors (Lipinski definition) is 4. The number of hydrogen-bond acceptors (Lipinski definition) is 6. The van der Waals surface area contributed by atoms with Crippen LogP contribution in [0.3, 0.4) is 0 Å². The molecule has 1 aromatic carbocycles. The first-order chi connectivity index (χ1) is 12.0. The molecular weight excluding hydrogens is 348 g/mol. The summed E-state index contributed by atoms with van der Waals surface area (Å²) in [6.07, 6.45) is -3.44. The first-order valence-electron chi connectivity index (χ1n) is 8.23.